The molecule has 0 aliphatic heterocycles. The minimum atomic E-state index is -0.924. The Hall–Kier alpha value is -1.91. The fourth-order valence-electron chi connectivity index (χ4n) is 2.13. The Labute approximate surface area is 104 Å². The van der Waals surface area contributed by atoms with Crippen molar-refractivity contribution in [3.8, 4) is 0 Å². The smallest absolute Gasteiger partial charge is 0.307 e. The van der Waals surface area contributed by atoms with Crippen molar-refractivity contribution in [1.29, 1.82) is 0 Å². The average Bonchev–Trinajstić information content (AvgIpc) is 2.26. The number of hydrogen-bond donors (Lipinski definition) is 1. The fourth-order valence-corrected chi connectivity index (χ4v) is 2.13. The molecule has 0 bridgehead atoms. The third-order valence-electron chi connectivity index (χ3n) is 3.45. The second-order valence-corrected chi connectivity index (χ2v) is 4.50. The largest absolute Gasteiger partial charge is 0.481 e. The Balaban J connectivity index is 2.09. The lowest BCUT2D eigenvalue weighted by atomic mass is 9.73. The molecule has 1 aliphatic rings. The molecule has 96 valence electrons. The molecule has 1 amide bonds. The number of hydrogen-bond acceptors (Lipinski definition) is 2. The van der Waals surface area contributed by atoms with Crippen LogP contribution in [0.25, 0.3) is 0 Å². The first-order valence-corrected chi connectivity index (χ1v) is 5.76. The van der Waals surface area contributed by atoms with Crippen molar-refractivity contribution < 1.29 is 19.1 Å². The summed E-state index contributed by atoms with van der Waals surface area (Å²) < 4.78 is 12.8. The van der Waals surface area contributed by atoms with Crippen LogP contribution in [0, 0.1) is 17.7 Å². The summed E-state index contributed by atoms with van der Waals surface area (Å²) in [6.07, 6.45) is 1.14. The van der Waals surface area contributed by atoms with Gasteiger partial charge in [-0.3, -0.25) is 9.59 Å². The standard InChI is InChI=1S/C13H14FNO3/c1-15(9-4-2-8(14)3-5-9)12(16)10-6-7-11(10)13(17)18/h2-5,10-11H,6-7H2,1H3,(H,17,18). The molecule has 0 radical (unpaired) electrons. The third-order valence-corrected chi connectivity index (χ3v) is 3.45. The van der Waals surface area contributed by atoms with Crippen LogP contribution in [0.1, 0.15) is 12.8 Å². The normalized spacial score (nSPS) is 22.1. The number of rotatable bonds is 3. The molecule has 1 aromatic carbocycles. The molecule has 1 fully saturated rings. The molecule has 1 N–H and O–H groups in total. The first-order chi connectivity index (χ1) is 8.50. The van der Waals surface area contributed by atoms with Crippen LogP contribution in [0.4, 0.5) is 10.1 Å². The van der Waals surface area contributed by atoms with Crippen molar-refractivity contribution in [2.45, 2.75) is 12.8 Å². The van der Waals surface area contributed by atoms with Crippen molar-refractivity contribution in [2.75, 3.05) is 11.9 Å². The van der Waals surface area contributed by atoms with Gasteiger partial charge in [-0.05, 0) is 37.1 Å². The van der Waals surface area contributed by atoms with E-state index in [0.29, 0.717) is 18.5 Å². The number of carboxylic acid groups (broad SMARTS) is 1. The maximum atomic E-state index is 12.8. The van der Waals surface area contributed by atoms with Crippen molar-refractivity contribution in [3.63, 3.8) is 0 Å². The van der Waals surface area contributed by atoms with Crippen molar-refractivity contribution in [1.82, 2.24) is 0 Å². The van der Waals surface area contributed by atoms with Gasteiger partial charge in [0.25, 0.3) is 0 Å². The quantitative estimate of drug-likeness (QED) is 0.892. The molecule has 0 spiro atoms. The number of halogens is 1. The van der Waals surface area contributed by atoms with Crippen molar-refractivity contribution in [3.05, 3.63) is 30.1 Å². The molecule has 2 atom stereocenters. The minimum absolute atomic E-state index is 0.222. The van der Waals surface area contributed by atoms with Crippen LogP contribution < -0.4 is 4.90 Å². The lowest BCUT2D eigenvalue weighted by Crippen LogP contribution is -2.44. The zero-order chi connectivity index (χ0) is 13.3. The number of aliphatic carboxylic acids is 1. The molecule has 1 aliphatic carbocycles. The van der Waals surface area contributed by atoms with E-state index in [1.54, 1.807) is 7.05 Å². The van der Waals surface area contributed by atoms with E-state index in [-0.39, 0.29) is 11.7 Å². The lowest BCUT2D eigenvalue weighted by Gasteiger charge is -2.34. The molecule has 2 unspecified atom stereocenters. The highest BCUT2D eigenvalue weighted by Gasteiger charge is 2.42. The number of benzene rings is 1. The summed E-state index contributed by atoms with van der Waals surface area (Å²) in [6, 6.07) is 5.55. The number of carbonyl (C=O) groups excluding carboxylic acids is 1. The van der Waals surface area contributed by atoms with Gasteiger partial charge in [-0.2, -0.15) is 0 Å². The molecular weight excluding hydrogens is 237 g/mol. The SMILES string of the molecule is CN(C(=O)C1CCC1C(=O)O)c1ccc(F)cc1. The topological polar surface area (TPSA) is 57.6 Å². The van der Waals surface area contributed by atoms with Crippen molar-refractivity contribution in [2.24, 2.45) is 11.8 Å². The Morgan fingerprint density at radius 1 is 1.22 bits per heavy atom. The zero-order valence-electron chi connectivity index (χ0n) is 9.97. The molecule has 0 saturated heterocycles. The Morgan fingerprint density at radius 2 is 1.78 bits per heavy atom. The van der Waals surface area contributed by atoms with E-state index in [4.69, 9.17) is 5.11 Å². The van der Waals surface area contributed by atoms with E-state index < -0.39 is 17.8 Å². The van der Waals surface area contributed by atoms with Gasteiger partial charge in [-0.25, -0.2) is 4.39 Å². The van der Waals surface area contributed by atoms with Crippen LogP contribution in [0.15, 0.2) is 24.3 Å². The number of anilines is 1. The third kappa shape index (κ3) is 2.20. The van der Waals surface area contributed by atoms with Crippen LogP contribution in [0.3, 0.4) is 0 Å². The Bertz CT molecular complexity index is 472. The van der Waals surface area contributed by atoms with Gasteiger partial charge in [0, 0.05) is 12.7 Å². The van der Waals surface area contributed by atoms with E-state index in [0.717, 1.165) is 0 Å². The maximum absolute atomic E-state index is 12.8. The van der Waals surface area contributed by atoms with E-state index in [1.165, 1.54) is 29.2 Å². The number of amides is 1. The monoisotopic (exact) mass is 251 g/mol. The van der Waals surface area contributed by atoms with Gasteiger partial charge in [0.15, 0.2) is 0 Å². The molecule has 4 nitrogen and oxygen atoms in total. The summed E-state index contributed by atoms with van der Waals surface area (Å²) in [7, 11) is 1.58. The summed E-state index contributed by atoms with van der Waals surface area (Å²) in [5.74, 6) is -2.56. The molecule has 18 heavy (non-hydrogen) atoms. The molecule has 5 heteroatoms. The average molecular weight is 251 g/mol. The highest BCUT2D eigenvalue weighted by atomic mass is 19.1. The molecule has 2 rings (SSSR count). The highest BCUT2D eigenvalue weighted by molar-refractivity contribution is 5.97. The minimum Gasteiger partial charge on any atom is -0.481 e. The van der Waals surface area contributed by atoms with Gasteiger partial charge in [0.05, 0.1) is 11.8 Å². The van der Waals surface area contributed by atoms with Gasteiger partial charge in [-0.1, -0.05) is 0 Å². The second kappa shape index (κ2) is 4.76. The summed E-state index contributed by atoms with van der Waals surface area (Å²) in [4.78, 5) is 24.4. The number of nitrogens with zero attached hydrogens (tertiary/aromatic N) is 1. The summed E-state index contributed by atoms with van der Waals surface area (Å²) in [6.45, 7) is 0. The summed E-state index contributed by atoms with van der Waals surface area (Å²) in [5.41, 5.74) is 0.567. The Kier molecular flexibility index (Phi) is 3.32. The predicted octanol–water partition coefficient (Wildman–Crippen LogP) is 1.90. The molecule has 0 aromatic heterocycles. The zero-order valence-corrected chi connectivity index (χ0v) is 9.97. The van der Waals surface area contributed by atoms with E-state index in [9.17, 15) is 14.0 Å². The second-order valence-electron chi connectivity index (χ2n) is 4.50. The van der Waals surface area contributed by atoms with Gasteiger partial charge >= 0.3 is 5.97 Å². The van der Waals surface area contributed by atoms with E-state index >= 15 is 0 Å². The van der Waals surface area contributed by atoms with Gasteiger partial charge in [0.1, 0.15) is 5.82 Å². The molecule has 1 aromatic rings. The molecule has 0 heterocycles. The number of carbonyl (C=O) groups is 2. The van der Waals surface area contributed by atoms with Gasteiger partial charge in [-0.15, -0.1) is 0 Å². The van der Waals surface area contributed by atoms with E-state index in [1.807, 2.05) is 0 Å². The predicted molar refractivity (Wildman–Crippen MR) is 63.7 cm³/mol. The van der Waals surface area contributed by atoms with Crippen LogP contribution in [-0.4, -0.2) is 24.0 Å². The number of carboxylic acids is 1. The van der Waals surface area contributed by atoms with Crippen LogP contribution >= 0.6 is 0 Å². The van der Waals surface area contributed by atoms with Gasteiger partial charge < -0.3 is 10.0 Å². The molecular formula is C13H14FNO3. The van der Waals surface area contributed by atoms with Crippen LogP contribution in [-0.2, 0) is 9.59 Å². The van der Waals surface area contributed by atoms with Crippen LogP contribution in [0.5, 0.6) is 0 Å². The summed E-state index contributed by atoms with van der Waals surface area (Å²) in [5, 5.41) is 8.92. The lowest BCUT2D eigenvalue weighted by molar-refractivity contribution is -0.151. The van der Waals surface area contributed by atoms with Crippen molar-refractivity contribution >= 4 is 17.6 Å². The van der Waals surface area contributed by atoms with Gasteiger partial charge in [0.2, 0.25) is 5.91 Å². The Morgan fingerprint density at radius 3 is 2.22 bits per heavy atom. The fraction of sp³-hybridized carbons (Fsp3) is 0.385. The maximum Gasteiger partial charge on any atom is 0.307 e. The van der Waals surface area contributed by atoms with E-state index in [2.05, 4.69) is 0 Å². The first kappa shape index (κ1) is 12.5. The highest BCUT2D eigenvalue weighted by Crippen LogP contribution is 2.36. The first-order valence-electron chi connectivity index (χ1n) is 5.76. The van der Waals surface area contributed by atoms with Crippen LogP contribution in [0.2, 0.25) is 0 Å². The molecule has 1 saturated carbocycles. The summed E-state index contributed by atoms with van der Waals surface area (Å²) >= 11 is 0.